The molecule has 0 aliphatic heterocycles. The zero-order chi connectivity index (χ0) is 21.3. The monoisotopic (exact) mass is 405 g/mol. The molecule has 0 atom stereocenters. The Kier molecular flexibility index (Phi) is 5.10. The van der Waals surface area contributed by atoms with E-state index >= 15 is 0 Å². The van der Waals surface area contributed by atoms with Crippen LogP contribution in [0.25, 0.3) is 11.0 Å². The molecule has 2 aromatic carbocycles. The van der Waals surface area contributed by atoms with Gasteiger partial charge in [0.25, 0.3) is 11.5 Å². The van der Waals surface area contributed by atoms with Crippen molar-refractivity contribution in [2.45, 2.75) is 13.5 Å². The Hall–Kier alpha value is -3.87. The number of carbonyl (C=O) groups is 1. The topological polar surface area (TPSA) is 64.0 Å². The minimum absolute atomic E-state index is 0.161. The lowest BCUT2D eigenvalue weighted by atomic mass is 10.1. The van der Waals surface area contributed by atoms with Crippen molar-refractivity contribution >= 4 is 22.6 Å². The molecule has 1 amide bonds. The van der Waals surface area contributed by atoms with Gasteiger partial charge in [-0.15, -0.1) is 0 Å². The summed E-state index contributed by atoms with van der Waals surface area (Å²) in [7, 11) is 0. The molecular weight excluding hydrogens is 388 g/mol. The summed E-state index contributed by atoms with van der Waals surface area (Å²) in [6, 6.07) is 15.3. The van der Waals surface area contributed by atoms with Gasteiger partial charge in [-0.3, -0.25) is 14.2 Å². The molecule has 0 aliphatic carbocycles. The van der Waals surface area contributed by atoms with E-state index in [1.165, 1.54) is 10.6 Å². The molecule has 7 heteroatoms. The first-order valence-corrected chi connectivity index (χ1v) is 9.23. The van der Waals surface area contributed by atoms with E-state index in [1.807, 2.05) is 31.2 Å². The number of aryl methyl sites for hydroxylation is 1. The summed E-state index contributed by atoms with van der Waals surface area (Å²) in [5.41, 5.74) is 1.47. The fourth-order valence-electron chi connectivity index (χ4n) is 3.17. The number of hydrogen-bond acceptors (Lipinski definition) is 3. The molecule has 30 heavy (non-hydrogen) atoms. The molecule has 4 aromatic rings. The van der Waals surface area contributed by atoms with Gasteiger partial charge in [-0.25, -0.2) is 13.8 Å². The third kappa shape index (κ3) is 3.82. The highest BCUT2D eigenvalue weighted by Crippen LogP contribution is 2.17. The average Bonchev–Trinajstić information content (AvgIpc) is 2.73. The molecule has 0 radical (unpaired) electrons. The third-order valence-corrected chi connectivity index (χ3v) is 4.73. The molecule has 0 aliphatic rings. The highest BCUT2D eigenvalue weighted by molar-refractivity contribution is 6.05. The van der Waals surface area contributed by atoms with Crippen molar-refractivity contribution in [3.8, 4) is 0 Å². The van der Waals surface area contributed by atoms with Gasteiger partial charge in [0.15, 0.2) is 0 Å². The Morgan fingerprint density at radius 1 is 1.07 bits per heavy atom. The second-order valence-corrected chi connectivity index (χ2v) is 6.93. The minimum atomic E-state index is -0.925. The van der Waals surface area contributed by atoms with Crippen molar-refractivity contribution in [2.24, 2.45) is 0 Å². The zero-order valence-electron chi connectivity index (χ0n) is 16.0. The summed E-state index contributed by atoms with van der Waals surface area (Å²) in [6.45, 7) is 2.19. The van der Waals surface area contributed by atoms with Gasteiger partial charge in [-0.2, -0.15) is 0 Å². The summed E-state index contributed by atoms with van der Waals surface area (Å²) < 4.78 is 28.5. The van der Waals surface area contributed by atoms with E-state index in [2.05, 4.69) is 10.3 Å². The van der Waals surface area contributed by atoms with Gasteiger partial charge in [0, 0.05) is 17.6 Å². The molecule has 2 aromatic heterocycles. The molecule has 2 heterocycles. The first-order chi connectivity index (χ1) is 14.4. The van der Waals surface area contributed by atoms with Crippen molar-refractivity contribution in [1.29, 1.82) is 0 Å². The van der Waals surface area contributed by atoms with Gasteiger partial charge in [0.2, 0.25) is 0 Å². The van der Waals surface area contributed by atoms with E-state index in [0.717, 1.165) is 23.3 Å². The quantitative estimate of drug-likeness (QED) is 0.551. The highest BCUT2D eigenvalue weighted by Gasteiger charge is 2.18. The van der Waals surface area contributed by atoms with Crippen LogP contribution in [0.15, 0.2) is 71.7 Å². The number of fused-ring (bicyclic) bond motifs is 1. The first kappa shape index (κ1) is 19.4. The molecule has 0 spiro atoms. The van der Waals surface area contributed by atoms with Crippen molar-refractivity contribution < 1.29 is 13.6 Å². The van der Waals surface area contributed by atoms with Crippen LogP contribution in [0.1, 0.15) is 21.5 Å². The number of halogens is 2. The Balaban J connectivity index is 1.78. The lowest BCUT2D eigenvalue weighted by molar-refractivity contribution is 0.102. The lowest BCUT2D eigenvalue weighted by Crippen LogP contribution is -2.30. The molecule has 4 rings (SSSR count). The number of aromatic nitrogens is 2. The van der Waals surface area contributed by atoms with Crippen LogP contribution >= 0.6 is 0 Å². The van der Waals surface area contributed by atoms with Crippen molar-refractivity contribution in [3.05, 3.63) is 106 Å². The van der Waals surface area contributed by atoms with E-state index in [1.54, 1.807) is 18.3 Å². The van der Waals surface area contributed by atoms with Crippen LogP contribution in [0.5, 0.6) is 0 Å². The predicted octanol–water partition coefficient (Wildman–Crippen LogP) is 4.28. The van der Waals surface area contributed by atoms with Crippen molar-refractivity contribution in [3.63, 3.8) is 0 Å². The number of anilines is 1. The fourth-order valence-corrected chi connectivity index (χ4v) is 3.17. The Bertz CT molecular complexity index is 1310. The molecule has 0 fully saturated rings. The summed E-state index contributed by atoms with van der Waals surface area (Å²) in [5, 5.41) is 2.94. The van der Waals surface area contributed by atoms with E-state index in [4.69, 9.17) is 0 Å². The fraction of sp³-hybridized carbons (Fsp3) is 0.0870. The number of amides is 1. The van der Waals surface area contributed by atoms with E-state index in [-0.39, 0.29) is 17.8 Å². The number of rotatable bonds is 4. The maximum absolute atomic E-state index is 13.9. The molecule has 0 saturated heterocycles. The third-order valence-electron chi connectivity index (χ3n) is 4.73. The molecular formula is C23H17F2N3O2. The Morgan fingerprint density at radius 3 is 2.57 bits per heavy atom. The number of hydrogen-bond donors (Lipinski definition) is 1. The van der Waals surface area contributed by atoms with Crippen LogP contribution in [-0.2, 0) is 6.54 Å². The second-order valence-electron chi connectivity index (χ2n) is 6.93. The lowest BCUT2D eigenvalue weighted by Gasteiger charge is -2.13. The van der Waals surface area contributed by atoms with Crippen LogP contribution in [0, 0.1) is 18.6 Å². The van der Waals surface area contributed by atoms with Gasteiger partial charge in [-0.05, 0) is 42.8 Å². The maximum Gasteiger partial charge on any atom is 0.265 e. The van der Waals surface area contributed by atoms with Crippen LogP contribution in [0.4, 0.5) is 14.5 Å². The normalized spacial score (nSPS) is 10.9. The first-order valence-electron chi connectivity index (χ1n) is 9.23. The number of nitrogens with one attached hydrogen (secondary N) is 1. The van der Waals surface area contributed by atoms with Crippen molar-refractivity contribution in [1.82, 2.24) is 9.55 Å². The molecule has 1 N–H and O–H groups in total. The number of carbonyl (C=O) groups excluding carboxylic acids is 1. The summed E-state index contributed by atoms with van der Waals surface area (Å²) in [5.74, 6) is -2.47. The number of pyridine rings is 2. The van der Waals surface area contributed by atoms with E-state index < -0.39 is 23.1 Å². The Morgan fingerprint density at radius 2 is 1.83 bits per heavy atom. The van der Waals surface area contributed by atoms with Gasteiger partial charge >= 0.3 is 0 Å². The summed E-state index contributed by atoms with van der Waals surface area (Å²) >= 11 is 0. The summed E-state index contributed by atoms with van der Waals surface area (Å²) in [6.07, 6.45) is 1.57. The minimum Gasteiger partial charge on any atom is -0.319 e. The van der Waals surface area contributed by atoms with E-state index in [0.29, 0.717) is 17.1 Å². The molecule has 0 saturated carbocycles. The predicted molar refractivity (Wildman–Crippen MR) is 111 cm³/mol. The van der Waals surface area contributed by atoms with Crippen LogP contribution in [0.3, 0.4) is 0 Å². The molecule has 5 nitrogen and oxygen atoms in total. The van der Waals surface area contributed by atoms with Gasteiger partial charge in [0.1, 0.15) is 22.8 Å². The van der Waals surface area contributed by atoms with Gasteiger partial charge < -0.3 is 5.32 Å². The second kappa shape index (κ2) is 7.87. The smallest absolute Gasteiger partial charge is 0.265 e. The van der Waals surface area contributed by atoms with Gasteiger partial charge in [0.05, 0.1) is 12.2 Å². The summed E-state index contributed by atoms with van der Waals surface area (Å²) in [4.78, 5) is 30.2. The highest BCUT2D eigenvalue weighted by atomic mass is 19.1. The SMILES string of the molecule is Cc1ccc(Cn2c(=O)c(C(=O)Nc3ccc(F)cc3F)cc3cccnc32)cc1. The number of benzene rings is 2. The number of nitrogens with zero attached hydrogens (tertiary/aromatic N) is 2. The maximum atomic E-state index is 13.9. The molecule has 0 bridgehead atoms. The average molecular weight is 405 g/mol. The van der Waals surface area contributed by atoms with Crippen LogP contribution < -0.4 is 10.9 Å². The van der Waals surface area contributed by atoms with Crippen molar-refractivity contribution in [2.75, 3.05) is 5.32 Å². The van der Waals surface area contributed by atoms with Crippen LogP contribution in [-0.4, -0.2) is 15.5 Å². The standard InChI is InChI=1S/C23H17F2N3O2/c1-14-4-6-15(7-5-14)13-28-21-16(3-2-10-26-21)11-18(23(28)30)22(29)27-20-9-8-17(24)12-19(20)25/h2-12H,13H2,1H3,(H,27,29). The van der Waals surface area contributed by atoms with E-state index in [9.17, 15) is 18.4 Å². The Labute approximate surface area is 170 Å². The van der Waals surface area contributed by atoms with Crippen LogP contribution in [0.2, 0.25) is 0 Å². The molecule has 150 valence electrons. The molecule has 0 unspecified atom stereocenters. The largest absolute Gasteiger partial charge is 0.319 e. The van der Waals surface area contributed by atoms with Gasteiger partial charge in [-0.1, -0.05) is 29.8 Å². The zero-order valence-corrected chi connectivity index (χ0v) is 16.0.